The van der Waals surface area contributed by atoms with Crippen LogP contribution in [0.5, 0.6) is 0 Å². The van der Waals surface area contributed by atoms with E-state index in [-0.39, 0.29) is 23.5 Å². The quantitative estimate of drug-likeness (QED) is 0.761. The molecule has 1 N–H and O–H groups in total. The van der Waals surface area contributed by atoms with Gasteiger partial charge >= 0.3 is 0 Å². The van der Waals surface area contributed by atoms with Gasteiger partial charge < -0.3 is 15.2 Å². The Bertz CT molecular complexity index is 736. The highest BCUT2D eigenvalue weighted by atomic mass is 32.2. The van der Waals surface area contributed by atoms with Gasteiger partial charge in [-0.3, -0.25) is 4.79 Å². The number of carboxylic acid groups (broad SMARTS) is 1. The number of thioether (sulfide) groups is 1. The molecule has 0 spiro atoms. The topological polar surface area (TPSA) is 69.2 Å². The zero-order chi connectivity index (χ0) is 19.2. The lowest BCUT2D eigenvalue weighted by atomic mass is 9.86. The van der Waals surface area contributed by atoms with Crippen molar-refractivity contribution in [2.45, 2.75) is 43.5 Å². The number of nitrogens with one attached hydrogen (secondary N) is 1. The van der Waals surface area contributed by atoms with Crippen LogP contribution in [-0.4, -0.2) is 17.6 Å². The van der Waals surface area contributed by atoms with Crippen molar-refractivity contribution in [2.75, 3.05) is 5.75 Å². The van der Waals surface area contributed by atoms with Gasteiger partial charge in [-0.1, -0.05) is 63.2 Å². The predicted molar refractivity (Wildman–Crippen MR) is 103 cm³/mol. The first kappa shape index (κ1) is 20.0. The SMILES string of the molecule is CC(C)(C)c1ccc([C@@H](CC(=O)[O-])NC(=O)CSc2ccccc2)cc1. The van der Waals surface area contributed by atoms with Crippen molar-refractivity contribution >= 4 is 23.6 Å². The van der Waals surface area contributed by atoms with Crippen molar-refractivity contribution in [1.29, 1.82) is 0 Å². The molecule has 0 saturated carbocycles. The van der Waals surface area contributed by atoms with Gasteiger partial charge in [0.1, 0.15) is 0 Å². The molecule has 0 saturated heterocycles. The summed E-state index contributed by atoms with van der Waals surface area (Å²) < 4.78 is 0. The van der Waals surface area contributed by atoms with Crippen molar-refractivity contribution in [1.82, 2.24) is 5.32 Å². The molecule has 4 nitrogen and oxygen atoms in total. The Labute approximate surface area is 159 Å². The molecule has 0 heterocycles. The van der Waals surface area contributed by atoms with E-state index in [2.05, 4.69) is 26.1 Å². The van der Waals surface area contributed by atoms with Crippen LogP contribution in [0.4, 0.5) is 0 Å². The van der Waals surface area contributed by atoms with E-state index in [4.69, 9.17) is 0 Å². The Balaban J connectivity index is 2.04. The number of hydrogen-bond donors (Lipinski definition) is 1. The van der Waals surface area contributed by atoms with Gasteiger partial charge in [0.15, 0.2) is 0 Å². The van der Waals surface area contributed by atoms with Gasteiger partial charge in [-0.25, -0.2) is 0 Å². The lowest BCUT2D eigenvalue weighted by molar-refractivity contribution is -0.306. The fourth-order valence-electron chi connectivity index (χ4n) is 2.54. The van der Waals surface area contributed by atoms with Crippen molar-refractivity contribution in [3.05, 3.63) is 65.7 Å². The first-order valence-corrected chi connectivity index (χ1v) is 9.52. The molecule has 0 radical (unpaired) electrons. The van der Waals surface area contributed by atoms with Crippen LogP contribution in [0.15, 0.2) is 59.5 Å². The van der Waals surface area contributed by atoms with E-state index < -0.39 is 12.0 Å². The van der Waals surface area contributed by atoms with Crippen LogP contribution in [0.25, 0.3) is 0 Å². The van der Waals surface area contributed by atoms with Gasteiger partial charge in [0.25, 0.3) is 0 Å². The third-order valence-corrected chi connectivity index (χ3v) is 5.01. The summed E-state index contributed by atoms with van der Waals surface area (Å²) in [5.74, 6) is -1.16. The molecule has 0 aliphatic rings. The molecular formula is C21H24NO3S-. The van der Waals surface area contributed by atoms with E-state index in [9.17, 15) is 14.7 Å². The van der Waals surface area contributed by atoms with Gasteiger partial charge in [-0.2, -0.15) is 0 Å². The van der Waals surface area contributed by atoms with Crippen molar-refractivity contribution in [3.8, 4) is 0 Å². The molecule has 1 amide bonds. The van der Waals surface area contributed by atoms with Crippen molar-refractivity contribution in [3.63, 3.8) is 0 Å². The minimum atomic E-state index is -1.19. The van der Waals surface area contributed by atoms with Crippen LogP contribution >= 0.6 is 11.8 Å². The Morgan fingerprint density at radius 1 is 1.04 bits per heavy atom. The summed E-state index contributed by atoms with van der Waals surface area (Å²) in [6.07, 6.45) is -0.253. The number of carboxylic acids is 1. The van der Waals surface area contributed by atoms with Gasteiger partial charge in [0, 0.05) is 17.3 Å². The second-order valence-electron chi connectivity index (χ2n) is 7.17. The lowest BCUT2D eigenvalue weighted by Gasteiger charge is -2.23. The van der Waals surface area contributed by atoms with Crippen LogP contribution in [0.3, 0.4) is 0 Å². The van der Waals surface area contributed by atoms with E-state index in [0.717, 1.165) is 16.0 Å². The molecule has 138 valence electrons. The predicted octanol–water partition coefficient (Wildman–Crippen LogP) is 3.07. The molecule has 0 fully saturated rings. The van der Waals surface area contributed by atoms with E-state index >= 15 is 0 Å². The van der Waals surface area contributed by atoms with E-state index in [1.807, 2.05) is 54.6 Å². The molecule has 0 bridgehead atoms. The number of aliphatic carboxylic acids is 1. The average Bonchev–Trinajstić information content (AvgIpc) is 2.59. The third kappa shape index (κ3) is 6.23. The van der Waals surface area contributed by atoms with E-state index in [0.29, 0.717) is 0 Å². The largest absolute Gasteiger partial charge is 0.550 e. The summed E-state index contributed by atoms with van der Waals surface area (Å²) in [5.41, 5.74) is 1.93. The number of benzene rings is 2. The molecule has 2 aromatic rings. The molecule has 2 aromatic carbocycles. The van der Waals surface area contributed by atoms with Crippen molar-refractivity contribution < 1.29 is 14.7 Å². The van der Waals surface area contributed by atoms with E-state index in [1.165, 1.54) is 11.8 Å². The standard InChI is InChI=1S/C21H25NO3S/c1-21(2,3)16-11-9-15(10-12-16)18(13-20(24)25)22-19(23)14-26-17-7-5-4-6-8-17/h4-12,18H,13-14H2,1-3H3,(H,22,23)(H,24,25)/p-1/t18-/m1/s1. The van der Waals surface area contributed by atoms with E-state index in [1.54, 1.807) is 0 Å². The fraction of sp³-hybridized carbons (Fsp3) is 0.333. The summed E-state index contributed by atoms with van der Waals surface area (Å²) >= 11 is 1.42. The summed E-state index contributed by atoms with van der Waals surface area (Å²) in [5, 5.41) is 13.9. The number of amides is 1. The minimum Gasteiger partial charge on any atom is -0.550 e. The summed E-state index contributed by atoms with van der Waals surface area (Å²) in [6.45, 7) is 6.34. The van der Waals surface area contributed by atoms with Gasteiger partial charge in [-0.15, -0.1) is 11.8 Å². The van der Waals surface area contributed by atoms with Crippen LogP contribution in [0.1, 0.15) is 44.4 Å². The molecule has 0 unspecified atom stereocenters. The molecule has 5 heteroatoms. The second kappa shape index (κ2) is 8.90. The normalized spacial score (nSPS) is 12.4. The highest BCUT2D eigenvalue weighted by molar-refractivity contribution is 8.00. The molecule has 26 heavy (non-hydrogen) atoms. The Hall–Kier alpha value is -2.27. The Morgan fingerprint density at radius 2 is 1.65 bits per heavy atom. The van der Waals surface area contributed by atoms with Gasteiger partial charge in [0.05, 0.1) is 11.8 Å². The van der Waals surface area contributed by atoms with Crippen LogP contribution in [0.2, 0.25) is 0 Å². The average molecular weight is 370 g/mol. The van der Waals surface area contributed by atoms with Crippen LogP contribution in [-0.2, 0) is 15.0 Å². The van der Waals surface area contributed by atoms with Crippen molar-refractivity contribution in [2.24, 2.45) is 0 Å². The highest BCUT2D eigenvalue weighted by Gasteiger charge is 2.18. The number of hydrogen-bond acceptors (Lipinski definition) is 4. The molecular weight excluding hydrogens is 346 g/mol. The number of carbonyl (C=O) groups is 2. The molecule has 0 aliphatic heterocycles. The zero-order valence-electron chi connectivity index (χ0n) is 15.3. The zero-order valence-corrected chi connectivity index (χ0v) is 16.1. The Kier molecular flexibility index (Phi) is 6.86. The lowest BCUT2D eigenvalue weighted by Crippen LogP contribution is -2.35. The molecule has 2 rings (SSSR count). The van der Waals surface area contributed by atoms with Crippen LogP contribution < -0.4 is 10.4 Å². The summed E-state index contributed by atoms with van der Waals surface area (Å²) in [4.78, 5) is 24.4. The number of carbonyl (C=O) groups excluding carboxylic acids is 2. The minimum absolute atomic E-state index is 0.0119. The number of rotatable bonds is 7. The maximum Gasteiger partial charge on any atom is 0.230 e. The molecule has 1 atom stereocenters. The summed E-state index contributed by atoms with van der Waals surface area (Å²) in [7, 11) is 0. The fourth-order valence-corrected chi connectivity index (χ4v) is 3.27. The second-order valence-corrected chi connectivity index (χ2v) is 8.22. The summed E-state index contributed by atoms with van der Waals surface area (Å²) in [6, 6.07) is 16.7. The maximum absolute atomic E-state index is 12.3. The Morgan fingerprint density at radius 3 is 2.19 bits per heavy atom. The third-order valence-electron chi connectivity index (χ3n) is 4.00. The first-order valence-electron chi connectivity index (χ1n) is 8.53. The monoisotopic (exact) mass is 370 g/mol. The highest BCUT2D eigenvalue weighted by Crippen LogP contribution is 2.25. The van der Waals surface area contributed by atoms with Gasteiger partial charge in [0.2, 0.25) is 5.91 Å². The molecule has 0 aliphatic carbocycles. The maximum atomic E-state index is 12.3. The molecule has 0 aromatic heterocycles. The van der Waals surface area contributed by atoms with Gasteiger partial charge in [-0.05, 0) is 28.7 Å². The smallest absolute Gasteiger partial charge is 0.230 e. The van der Waals surface area contributed by atoms with Crippen LogP contribution in [0, 0.1) is 0 Å². The first-order chi connectivity index (χ1) is 12.3.